The SMILES string of the molecule is Clc1c(-c2ccccc2)c(-c2ccccc2)c(Br)c(-c2ccccc2)c1-c1ccccc1. The molecule has 154 valence electrons. The fourth-order valence-electron chi connectivity index (χ4n) is 4.19. The van der Waals surface area contributed by atoms with E-state index in [1.165, 1.54) is 0 Å². The van der Waals surface area contributed by atoms with Crippen LogP contribution in [0.3, 0.4) is 0 Å². The molecule has 0 radical (unpaired) electrons. The van der Waals surface area contributed by atoms with E-state index in [1.807, 2.05) is 24.3 Å². The topological polar surface area (TPSA) is 0 Å². The number of halogens is 2. The molecule has 0 unspecified atom stereocenters. The molecular weight excluding hydrogens is 476 g/mol. The third kappa shape index (κ3) is 3.79. The Labute approximate surface area is 202 Å². The van der Waals surface area contributed by atoms with Crippen LogP contribution in [0.4, 0.5) is 0 Å². The van der Waals surface area contributed by atoms with Gasteiger partial charge >= 0.3 is 0 Å². The molecule has 0 fully saturated rings. The molecule has 0 heterocycles. The normalized spacial score (nSPS) is 10.8. The van der Waals surface area contributed by atoms with E-state index in [4.69, 9.17) is 11.6 Å². The van der Waals surface area contributed by atoms with Crippen LogP contribution >= 0.6 is 27.5 Å². The van der Waals surface area contributed by atoms with Crippen LogP contribution < -0.4 is 0 Å². The summed E-state index contributed by atoms with van der Waals surface area (Å²) >= 11 is 11.4. The summed E-state index contributed by atoms with van der Waals surface area (Å²) in [6.45, 7) is 0. The summed E-state index contributed by atoms with van der Waals surface area (Å²) in [6, 6.07) is 41.7. The highest BCUT2D eigenvalue weighted by atomic mass is 79.9. The Morgan fingerprint density at radius 1 is 0.375 bits per heavy atom. The summed E-state index contributed by atoms with van der Waals surface area (Å²) < 4.78 is 1.04. The van der Waals surface area contributed by atoms with Crippen LogP contribution in [-0.4, -0.2) is 0 Å². The van der Waals surface area contributed by atoms with Crippen LogP contribution in [-0.2, 0) is 0 Å². The van der Waals surface area contributed by atoms with Crippen molar-refractivity contribution in [2.45, 2.75) is 0 Å². The van der Waals surface area contributed by atoms with E-state index < -0.39 is 0 Å². The van der Waals surface area contributed by atoms with Gasteiger partial charge in [0.15, 0.2) is 0 Å². The standard InChI is InChI=1S/C30H20BrCl/c31-29-25(21-13-5-1-6-14-21)27(23-17-9-3-10-18-23)30(32)28(24-19-11-4-12-20-24)26(29)22-15-7-2-8-16-22/h1-20H. The highest BCUT2D eigenvalue weighted by Gasteiger charge is 2.25. The van der Waals surface area contributed by atoms with E-state index in [1.54, 1.807) is 0 Å². The van der Waals surface area contributed by atoms with Gasteiger partial charge in [-0.3, -0.25) is 0 Å². The quantitative estimate of drug-likeness (QED) is 0.233. The lowest BCUT2D eigenvalue weighted by Gasteiger charge is -2.23. The lowest BCUT2D eigenvalue weighted by Crippen LogP contribution is -1.97. The van der Waals surface area contributed by atoms with Gasteiger partial charge in [0.1, 0.15) is 0 Å². The number of benzene rings is 5. The predicted octanol–water partition coefficient (Wildman–Crippen LogP) is 9.77. The van der Waals surface area contributed by atoms with E-state index in [0.717, 1.165) is 54.0 Å². The van der Waals surface area contributed by atoms with Crippen molar-refractivity contribution in [1.29, 1.82) is 0 Å². The molecule has 5 aromatic carbocycles. The van der Waals surface area contributed by atoms with Crippen molar-refractivity contribution in [3.8, 4) is 44.5 Å². The van der Waals surface area contributed by atoms with Gasteiger partial charge in [0.2, 0.25) is 0 Å². The van der Waals surface area contributed by atoms with Crippen molar-refractivity contribution in [1.82, 2.24) is 0 Å². The molecule has 5 aromatic rings. The van der Waals surface area contributed by atoms with E-state index in [0.29, 0.717) is 0 Å². The second-order valence-corrected chi connectivity index (χ2v) is 8.76. The zero-order chi connectivity index (χ0) is 21.9. The molecule has 0 atom stereocenters. The fraction of sp³-hybridized carbons (Fsp3) is 0. The summed E-state index contributed by atoms with van der Waals surface area (Å²) in [4.78, 5) is 0. The highest BCUT2D eigenvalue weighted by Crippen LogP contribution is 2.52. The Morgan fingerprint density at radius 3 is 0.906 bits per heavy atom. The smallest absolute Gasteiger partial charge is 0.0576 e. The van der Waals surface area contributed by atoms with Crippen molar-refractivity contribution < 1.29 is 0 Å². The van der Waals surface area contributed by atoms with Crippen LogP contribution in [0, 0.1) is 0 Å². The predicted molar refractivity (Wildman–Crippen MR) is 141 cm³/mol. The summed E-state index contributed by atoms with van der Waals surface area (Å²) in [5, 5.41) is 0.753. The molecule has 0 aliphatic carbocycles. The minimum Gasteiger partial charge on any atom is -0.0829 e. The van der Waals surface area contributed by atoms with Crippen LogP contribution in [0.1, 0.15) is 0 Å². The van der Waals surface area contributed by atoms with Gasteiger partial charge in [-0.2, -0.15) is 0 Å². The van der Waals surface area contributed by atoms with Crippen LogP contribution in [0.15, 0.2) is 126 Å². The Balaban J connectivity index is 1.97. The highest BCUT2D eigenvalue weighted by molar-refractivity contribution is 9.10. The first-order valence-electron chi connectivity index (χ1n) is 10.5. The van der Waals surface area contributed by atoms with Crippen molar-refractivity contribution in [3.63, 3.8) is 0 Å². The van der Waals surface area contributed by atoms with E-state index >= 15 is 0 Å². The minimum atomic E-state index is 0.753. The molecule has 0 aliphatic rings. The monoisotopic (exact) mass is 494 g/mol. The van der Waals surface area contributed by atoms with Crippen LogP contribution in [0.25, 0.3) is 44.5 Å². The van der Waals surface area contributed by atoms with Crippen molar-refractivity contribution in [2.24, 2.45) is 0 Å². The lowest BCUT2D eigenvalue weighted by molar-refractivity contribution is 1.52. The zero-order valence-corrected chi connectivity index (χ0v) is 19.6. The molecule has 0 amide bonds. The van der Waals surface area contributed by atoms with E-state index in [-0.39, 0.29) is 0 Å². The Hall–Kier alpha value is -3.13. The fourth-order valence-corrected chi connectivity index (χ4v) is 5.45. The molecule has 0 nitrogen and oxygen atoms in total. The summed E-state index contributed by atoms with van der Waals surface area (Å²) in [5.41, 5.74) is 8.69. The van der Waals surface area contributed by atoms with Gasteiger partial charge in [0, 0.05) is 26.7 Å². The summed E-state index contributed by atoms with van der Waals surface area (Å²) in [5.74, 6) is 0. The Kier molecular flexibility index (Phi) is 5.94. The summed E-state index contributed by atoms with van der Waals surface area (Å²) in [7, 11) is 0. The Morgan fingerprint density at radius 2 is 0.625 bits per heavy atom. The average Bonchev–Trinajstić information content (AvgIpc) is 2.87. The second kappa shape index (κ2) is 9.16. The molecular formula is C30H20BrCl. The van der Waals surface area contributed by atoms with Gasteiger partial charge in [0.05, 0.1) is 5.02 Å². The number of rotatable bonds is 4. The molecule has 0 saturated heterocycles. The molecule has 32 heavy (non-hydrogen) atoms. The van der Waals surface area contributed by atoms with Crippen LogP contribution in [0.5, 0.6) is 0 Å². The molecule has 0 aliphatic heterocycles. The molecule has 0 aromatic heterocycles. The van der Waals surface area contributed by atoms with Crippen LogP contribution in [0.2, 0.25) is 5.02 Å². The van der Waals surface area contributed by atoms with Crippen molar-refractivity contribution >= 4 is 27.5 Å². The van der Waals surface area contributed by atoms with Crippen molar-refractivity contribution in [2.75, 3.05) is 0 Å². The van der Waals surface area contributed by atoms with E-state index in [9.17, 15) is 0 Å². The Bertz CT molecular complexity index is 1130. The van der Waals surface area contributed by atoms with Gasteiger partial charge in [0.25, 0.3) is 0 Å². The molecule has 0 bridgehead atoms. The largest absolute Gasteiger partial charge is 0.0829 e. The number of hydrogen-bond acceptors (Lipinski definition) is 0. The van der Waals surface area contributed by atoms with Gasteiger partial charge in [-0.1, -0.05) is 133 Å². The first kappa shape index (κ1) is 20.8. The maximum atomic E-state index is 7.34. The summed E-state index contributed by atoms with van der Waals surface area (Å²) in [6.07, 6.45) is 0. The molecule has 0 saturated carbocycles. The minimum absolute atomic E-state index is 0.753. The maximum absolute atomic E-state index is 7.34. The van der Waals surface area contributed by atoms with Gasteiger partial charge in [-0.25, -0.2) is 0 Å². The number of hydrogen-bond donors (Lipinski definition) is 0. The third-order valence-electron chi connectivity index (χ3n) is 5.63. The second-order valence-electron chi connectivity index (χ2n) is 7.59. The van der Waals surface area contributed by atoms with Gasteiger partial charge in [-0.05, 0) is 38.2 Å². The lowest BCUT2D eigenvalue weighted by atomic mass is 9.85. The third-order valence-corrected chi connectivity index (χ3v) is 6.80. The first-order valence-corrected chi connectivity index (χ1v) is 11.7. The zero-order valence-electron chi connectivity index (χ0n) is 17.3. The van der Waals surface area contributed by atoms with Gasteiger partial charge < -0.3 is 0 Å². The van der Waals surface area contributed by atoms with Gasteiger partial charge in [-0.15, -0.1) is 0 Å². The molecule has 0 spiro atoms. The average molecular weight is 496 g/mol. The van der Waals surface area contributed by atoms with Crippen molar-refractivity contribution in [3.05, 3.63) is 131 Å². The first-order chi connectivity index (χ1) is 15.8. The maximum Gasteiger partial charge on any atom is 0.0576 e. The molecule has 0 N–H and O–H groups in total. The van der Waals surface area contributed by atoms with E-state index in [2.05, 4.69) is 113 Å². The molecule has 2 heteroatoms. The molecule has 5 rings (SSSR count).